The van der Waals surface area contributed by atoms with E-state index in [0.29, 0.717) is 0 Å². The third kappa shape index (κ3) is 1.44. The molecular formula is C14H9N2. The Labute approximate surface area is 93.6 Å². The van der Waals surface area contributed by atoms with E-state index in [1.54, 1.807) is 6.20 Å². The fourth-order valence-electron chi connectivity index (χ4n) is 1.81. The van der Waals surface area contributed by atoms with Gasteiger partial charge in [-0.05, 0) is 29.3 Å². The van der Waals surface area contributed by atoms with Crippen molar-refractivity contribution in [3.8, 4) is 11.1 Å². The number of aromatic nitrogens is 2. The molecule has 2 aromatic heterocycles. The molecule has 3 rings (SSSR count). The van der Waals surface area contributed by atoms with E-state index >= 15 is 0 Å². The van der Waals surface area contributed by atoms with Crippen LogP contribution in [0.25, 0.3) is 22.0 Å². The molecule has 0 saturated heterocycles. The van der Waals surface area contributed by atoms with Crippen LogP contribution >= 0.6 is 0 Å². The second-order valence-corrected chi connectivity index (χ2v) is 3.54. The summed E-state index contributed by atoms with van der Waals surface area (Å²) >= 11 is 0. The lowest BCUT2D eigenvalue weighted by Gasteiger charge is -2.04. The van der Waals surface area contributed by atoms with E-state index in [1.807, 2.05) is 48.8 Å². The van der Waals surface area contributed by atoms with Crippen LogP contribution in [0.15, 0.2) is 55.0 Å². The van der Waals surface area contributed by atoms with E-state index in [4.69, 9.17) is 0 Å². The fourth-order valence-corrected chi connectivity index (χ4v) is 1.81. The summed E-state index contributed by atoms with van der Waals surface area (Å²) in [5, 5.41) is 1.08. The van der Waals surface area contributed by atoms with Gasteiger partial charge < -0.3 is 0 Å². The monoisotopic (exact) mass is 205 g/mol. The maximum Gasteiger partial charge on any atom is 0.0739 e. The van der Waals surface area contributed by atoms with Gasteiger partial charge in [-0.15, -0.1) is 0 Å². The van der Waals surface area contributed by atoms with Crippen LogP contribution in [0.1, 0.15) is 0 Å². The molecule has 3 aromatic rings. The van der Waals surface area contributed by atoms with Gasteiger partial charge in [0.05, 0.1) is 5.52 Å². The summed E-state index contributed by atoms with van der Waals surface area (Å²) in [7, 11) is 0. The lowest BCUT2D eigenvalue weighted by molar-refractivity contribution is 1.32. The Balaban J connectivity index is 2.32. The summed E-state index contributed by atoms with van der Waals surface area (Å²) in [6.45, 7) is 0. The molecule has 0 aliphatic rings. The first kappa shape index (κ1) is 9.04. The highest BCUT2D eigenvalue weighted by Crippen LogP contribution is 2.25. The summed E-state index contributed by atoms with van der Waals surface area (Å²) in [5.74, 6) is 0. The van der Waals surface area contributed by atoms with Crippen molar-refractivity contribution in [2.45, 2.75) is 0 Å². The molecule has 2 nitrogen and oxygen atoms in total. The molecule has 0 fully saturated rings. The van der Waals surface area contributed by atoms with E-state index in [0.717, 1.165) is 16.5 Å². The van der Waals surface area contributed by atoms with E-state index < -0.39 is 0 Å². The standard InChI is InChI=1S/C14H9N2/c1-2-4-11(5-3-1)12-6-9-16-14-7-8-15-10-13(12)14/h2-10H. The highest BCUT2D eigenvalue weighted by Gasteiger charge is 2.03. The van der Waals surface area contributed by atoms with E-state index in [1.165, 1.54) is 5.56 Å². The first-order valence-electron chi connectivity index (χ1n) is 5.10. The summed E-state index contributed by atoms with van der Waals surface area (Å²) in [4.78, 5) is 8.47. The largest absolute Gasteiger partial charge is 0.264 e. The van der Waals surface area contributed by atoms with Gasteiger partial charge in [0.2, 0.25) is 0 Å². The number of fused-ring (bicyclic) bond motifs is 1. The molecule has 0 aliphatic carbocycles. The molecule has 16 heavy (non-hydrogen) atoms. The van der Waals surface area contributed by atoms with Crippen molar-refractivity contribution in [1.82, 2.24) is 9.97 Å². The van der Waals surface area contributed by atoms with E-state index in [2.05, 4.69) is 16.0 Å². The average molecular weight is 205 g/mol. The van der Waals surface area contributed by atoms with Crippen molar-refractivity contribution >= 4 is 10.9 Å². The topological polar surface area (TPSA) is 25.8 Å². The van der Waals surface area contributed by atoms with Gasteiger partial charge in [0.25, 0.3) is 0 Å². The predicted octanol–water partition coefficient (Wildman–Crippen LogP) is 3.10. The molecular weight excluding hydrogens is 196 g/mol. The SMILES string of the molecule is [c]1ccc(-c2ccnc3ccncc23)cc1. The highest BCUT2D eigenvalue weighted by atomic mass is 14.7. The van der Waals surface area contributed by atoms with Crippen LogP contribution in [-0.2, 0) is 0 Å². The number of nitrogens with zero attached hydrogens (tertiary/aromatic N) is 2. The van der Waals surface area contributed by atoms with Gasteiger partial charge in [-0.3, -0.25) is 9.97 Å². The minimum absolute atomic E-state index is 0.973. The third-order valence-electron chi connectivity index (χ3n) is 2.57. The van der Waals surface area contributed by atoms with Crippen LogP contribution < -0.4 is 0 Å². The molecule has 0 N–H and O–H groups in total. The van der Waals surface area contributed by atoms with Gasteiger partial charge in [0.1, 0.15) is 0 Å². The van der Waals surface area contributed by atoms with Crippen molar-refractivity contribution in [2.75, 3.05) is 0 Å². The smallest absolute Gasteiger partial charge is 0.0739 e. The quantitative estimate of drug-likeness (QED) is 0.610. The molecule has 1 radical (unpaired) electrons. The zero-order chi connectivity index (χ0) is 10.8. The second kappa shape index (κ2) is 3.74. The molecule has 0 unspecified atom stereocenters. The maximum absolute atomic E-state index is 4.32. The number of hydrogen-bond acceptors (Lipinski definition) is 2. The first-order chi connectivity index (χ1) is 7.95. The van der Waals surface area contributed by atoms with Gasteiger partial charge in [0, 0.05) is 24.0 Å². The second-order valence-electron chi connectivity index (χ2n) is 3.54. The normalized spacial score (nSPS) is 10.5. The zero-order valence-corrected chi connectivity index (χ0v) is 8.59. The van der Waals surface area contributed by atoms with Gasteiger partial charge in [0.15, 0.2) is 0 Å². The van der Waals surface area contributed by atoms with Crippen molar-refractivity contribution in [3.05, 3.63) is 61.1 Å². The van der Waals surface area contributed by atoms with Gasteiger partial charge >= 0.3 is 0 Å². The molecule has 0 saturated carbocycles. The summed E-state index contributed by atoms with van der Waals surface area (Å²) in [5.41, 5.74) is 3.30. The molecule has 0 bridgehead atoms. The molecule has 0 spiro atoms. The highest BCUT2D eigenvalue weighted by molar-refractivity contribution is 5.93. The Kier molecular flexibility index (Phi) is 2.11. The molecule has 0 amide bonds. The molecule has 2 heterocycles. The number of hydrogen-bond donors (Lipinski definition) is 0. The van der Waals surface area contributed by atoms with Crippen LogP contribution in [0.2, 0.25) is 0 Å². The van der Waals surface area contributed by atoms with Crippen molar-refractivity contribution in [2.24, 2.45) is 0 Å². The Morgan fingerprint density at radius 1 is 0.938 bits per heavy atom. The van der Waals surface area contributed by atoms with Crippen LogP contribution in [-0.4, -0.2) is 9.97 Å². The fraction of sp³-hybridized carbons (Fsp3) is 0. The number of rotatable bonds is 1. The summed E-state index contributed by atoms with van der Waals surface area (Å²) in [6, 6.07) is 14.9. The Bertz CT molecular complexity index is 612. The van der Waals surface area contributed by atoms with E-state index in [9.17, 15) is 0 Å². The van der Waals surface area contributed by atoms with Crippen molar-refractivity contribution in [1.29, 1.82) is 0 Å². The minimum Gasteiger partial charge on any atom is -0.264 e. The van der Waals surface area contributed by atoms with Crippen molar-refractivity contribution < 1.29 is 0 Å². The first-order valence-corrected chi connectivity index (χ1v) is 5.10. The zero-order valence-electron chi connectivity index (χ0n) is 8.59. The molecule has 1 aromatic carbocycles. The van der Waals surface area contributed by atoms with Crippen LogP contribution in [0.3, 0.4) is 0 Å². The summed E-state index contributed by atoms with van der Waals surface area (Å²) < 4.78 is 0. The third-order valence-corrected chi connectivity index (χ3v) is 2.57. The molecule has 0 atom stereocenters. The van der Waals surface area contributed by atoms with Crippen molar-refractivity contribution in [3.63, 3.8) is 0 Å². The number of benzene rings is 1. The minimum atomic E-state index is 0.973. The Morgan fingerprint density at radius 3 is 2.69 bits per heavy atom. The lowest BCUT2D eigenvalue weighted by atomic mass is 10.0. The van der Waals surface area contributed by atoms with Crippen LogP contribution in [0.5, 0.6) is 0 Å². The Morgan fingerprint density at radius 2 is 1.81 bits per heavy atom. The van der Waals surface area contributed by atoms with E-state index in [-0.39, 0.29) is 0 Å². The average Bonchev–Trinajstić information content (AvgIpc) is 2.39. The van der Waals surface area contributed by atoms with Gasteiger partial charge in [-0.1, -0.05) is 24.3 Å². The van der Waals surface area contributed by atoms with Crippen LogP contribution in [0, 0.1) is 6.07 Å². The molecule has 2 heteroatoms. The van der Waals surface area contributed by atoms with Gasteiger partial charge in [-0.25, -0.2) is 0 Å². The van der Waals surface area contributed by atoms with Gasteiger partial charge in [-0.2, -0.15) is 0 Å². The molecule has 75 valence electrons. The predicted molar refractivity (Wildman–Crippen MR) is 63.8 cm³/mol. The van der Waals surface area contributed by atoms with Crippen LogP contribution in [0.4, 0.5) is 0 Å². The number of pyridine rings is 2. The lowest BCUT2D eigenvalue weighted by Crippen LogP contribution is -1.84. The molecule has 0 aliphatic heterocycles. The Hall–Kier alpha value is -2.22. The summed E-state index contributed by atoms with van der Waals surface area (Å²) in [6.07, 6.45) is 5.45. The maximum atomic E-state index is 4.32.